The zero-order chi connectivity index (χ0) is 24.5. The molecule has 3 aromatic rings. The van der Waals surface area contributed by atoms with Crippen LogP contribution in [0.3, 0.4) is 0 Å². The first-order chi connectivity index (χ1) is 16.9. The third kappa shape index (κ3) is 4.78. The minimum atomic E-state index is -1.05. The van der Waals surface area contributed by atoms with Gasteiger partial charge < -0.3 is 24.4 Å². The molecule has 3 heterocycles. The van der Waals surface area contributed by atoms with Crippen LogP contribution in [0.5, 0.6) is 11.5 Å². The highest BCUT2D eigenvalue weighted by Gasteiger charge is 2.32. The van der Waals surface area contributed by atoms with E-state index in [4.69, 9.17) is 14.6 Å². The van der Waals surface area contributed by atoms with Gasteiger partial charge in [-0.05, 0) is 89.1 Å². The molecule has 1 aromatic heterocycles. The molecular formula is C27H33FN4O3. The van der Waals surface area contributed by atoms with E-state index in [1.165, 1.54) is 19.2 Å². The zero-order valence-corrected chi connectivity index (χ0v) is 20.5. The van der Waals surface area contributed by atoms with E-state index in [0.717, 1.165) is 61.2 Å². The standard InChI is InChI=1S/C27H33FN4O3/c1-18-4-9-24-25(32(18)27(33)34-3)11-10-23(26(24)35-22-7-5-20(28)6-8-22)19-16-29-31(17-19)21-12-14-30(2)15-13-21/h5-8,10-11,16-18,21,27,33H,4,9,12-15H2,1-3H3/t18-,27?/m0/s1. The first-order valence-electron chi connectivity index (χ1n) is 12.3. The van der Waals surface area contributed by atoms with Gasteiger partial charge in [0.2, 0.25) is 6.41 Å². The number of benzene rings is 2. The van der Waals surface area contributed by atoms with Gasteiger partial charge in [0.05, 0.1) is 12.2 Å². The van der Waals surface area contributed by atoms with Crippen molar-refractivity contribution in [3.8, 4) is 22.6 Å². The van der Waals surface area contributed by atoms with Crippen molar-refractivity contribution >= 4 is 5.69 Å². The van der Waals surface area contributed by atoms with Gasteiger partial charge >= 0.3 is 0 Å². The molecule has 1 fully saturated rings. The summed E-state index contributed by atoms with van der Waals surface area (Å²) in [4.78, 5) is 4.22. The van der Waals surface area contributed by atoms with Crippen molar-refractivity contribution in [2.45, 2.75) is 51.1 Å². The van der Waals surface area contributed by atoms with E-state index < -0.39 is 6.41 Å². The van der Waals surface area contributed by atoms with Crippen LogP contribution in [0.1, 0.15) is 37.8 Å². The number of methoxy groups -OCH3 is 1. The van der Waals surface area contributed by atoms with Gasteiger partial charge in [0, 0.05) is 41.7 Å². The molecule has 0 saturated carbocycles. The van der Waals surface area contributed by atoms with Gasteiger partial charge in [-0.3, -0.25) is 4.68 Å². The van der Waals surface area contributed by atoms with Crippen molar-refractivity contribution < 1.29 is 19.0 Å². The molecule has 8 heteroatoms. The Morgan fingerprint density at radius 2 is 1.83 bits per heavy atom. The highest BCUT2D eigenvalue weighted by molar-refractivity contribution is 5.78. The quantitative estimate of drug-likeness (QED) is 0.511. The summed E-state index contributed by atoms with van der Waals surface area (Å²) in [6.45, 7) is 4.20. The molecule has 2 atom stereocenters. The summed E-state index contributed by atoms with van der Waals surface area (Å²) < 4.78 is 27.3. The molecule has 0 aliphatic carbocycles. The minimum Gasteiger partial charge on any atom is -0.456 e. The topological polar surface area (TPSA) is 63.0 Å². The monoisotopic (exact) mass is 480 g/mol. The number of hydrogen-bond donors (Lipinski definition) is 1. The number of nitrogens with zero attached hydrogens (tertiary/aromatic N) is 4. The number of hydrogen-bond acceptors (Lipinski definition) is 6. The van der Waals surface area contributed by atoms with Crippen molar-refractivity contribution in [1.82, 2.24) is 14.7 Å². The van der Waals surface area contributed by atoms with Crippen LogP contribution in [0.4, 0.5) is 10.1 Å². The lowest BCUT2D eigenvalue weighted by atomic mass is 9.92. The molecule has 2 aliphatic rings. The number of fused-ring (bicyclic) bond motifs is 1. The van der Waals surface area contributed by atoms with Gasteiger partial charge in [-0.15, -0.1) is 0 Å². The van der Waals surface area contributed by atoms with Gasteiger partial charge in [0.25, 0.3) is 0 Å². The Labute approximate surface area is 205 Å². The first kappa shape index (κ1) is 23.8. The van der Waals surface area contributed by atoms with E-state index in [-0.39, 0.29) is 11.9 Å². The van der Waals surface area contributed by atoms with E-state index in [1.807, 2.05) is 23.2 Å². The van der Waals surface area contributed by atoms with Crippen LogP contribution in [-0.4, -0.2) is 59.5 Å². The maximum Gasteiger partial charge on any atom is 0.237 e. The van der Waals surface area contributed by atoms with E-state index in [0.29, 0.717) is 17.5 Å². The maximum atomic E-state index is 13.6. The summed E-state index contributed by atoms with van der Waals surface area (Å²) in [7, 11) is 3.65. The smallest absolute Gasteiger partial charge is 0.237 e. The van der Waals surface area contributed by atoms with Crippen molar-refractivity contribution in [2.24, 2.45) is 0 Å². The Balaban J connectivity index is 1.56. The number of aliphatic hydroxyl groups is 1. The van der Waals surface area contributed by atoms with Gasteiger partial charge in [-0.25, -0.2) is 4.39 Å². The van der Waals surface area contributed by atoms with Crippen LogP contribution in [0.2, 0.25) is 0 Å². The molecule has 0 spiro atoms. The second-order valence-electron chi connectivity index (χ2n) is 9.60. The predicted molar refractivity (Wildman–Crippen MR) is 133 cm³/mol. The number of rotatable bonds is 6. The Morgan fingerprint density at radius 3 is 2.54 bits per heavy atom. The van der Waals surface area contributed by atoms with Crippen LogP contribution in [0, 0.1) is 5.82 Å². The van der Waals surface area contributed by atoms with Crippen molar-refractivity contribution in [2.75, 3.05) is 32.1 Å². The molecule has 35 heavy (non-hydrogen) atoms. The Kier molecular flexibility index (Phi) is 6.77. The molecular weight excluding hydrogens is 447 g/mol. The second-order valence-corrected chi connectivity index (χ2v) is 9.60. The molecule has 0 amide bonds. The normalized spacial score (nSPS) is 20.0. The first-order valence-corrected chi connectivity index (χ1v) is 12.3. The van der Waals surface area contributed by atoms with Gasteiger partial charge in [-0.1, -0.05) is 0 Å². The fraction of sp³-hybridized carbons (Fsp3) is 0.444. The van der Waals surface area contributed by atoms with E-state index in [1.54, 1.807) is 12.1 Å². The van der Waals surface area contributed by atoms with Crippen LogP contribution >= 0.6 is 0 Å². The SMILES string of the molecule is COC(O)N1c2ccc(-c3cnn(C4CCN(C)CC4)c3)c(Oc3ccc(F)cc3)c2CC[C@@H]1C. The van der Waals surface area contributed by atoms with Gasteiger partial charge in [-0.2, -0.15) is 5.10 Å². The fourth-order valence-electron chi connectivity index (χ4n) is 5.18. The zero-order valence-electron chi connectivity index (χ0n) is 20.5. The summed E-state index contributed by atoms with van der Waals surface area (Å²) in [5.41, 5.74) is 3.77. The van der Waals surface area contributed by atoms with Crippen LogP contribution in [0.15, 0.2) is 48.8 Å². The molecule has 0 bridgehead atoms. The summed E-state index contributed by atoms with van der Waals surface area (Å²) in [6.07, 6.45) is 6.71. The van der Waals surface area contributed by atoms with Crippen LogP contribution in [0.25, 0.3) is 11.1 Å². The number of aromatic nitrogens is 2. The number of aliphatic hydroxyl groups excluding tert-OH is 1. The van der Waals surface area contributed by atoms with Gasteiger partial charge in [0.1, 0.15) is 17.3 Å². The molecule has 1 N–H and O–H groups in total. The summed E-state index contributed by atoms with van der Waals surface area (Å²) in [5, 5.41) is 15.3. The Bertz CT molecular complexity index is 1160. The maximum absolute atomic E-state index is 13.6. The third-order valence-corrected chi connectivity index (χ3v) is 7.26. The van der Waals surface area contributed by atoms with Crippen LogP contribution < -0.4 is 9.64 Å². The molecule has 7 nitrogen and oxygen atoms in total. The number of piperidine rings is 1. The average molecular weight is 481 g/mol. The van der Waals surface area contributed by atoms with Crippen molar-refractivity contribution in [3.05, 3.63) is 60.2 Å². The number of likely N-dealkylation sites (tertiary alicyclic amines) is 1. The molecule has 2 aliphatic heterocycles. The van der Waals surface area contributed by atoms with Crippen molar-refractivity contribution in [3.63, 3.8) is 0 Å². The second kappa shape index (κ2) is 9.97. The molecule has 5 rings (SSSR count). The average Bonchev–Trinajstić information content (AvgIpc) is 3.35. The Morgan fingerprint density at radius 1 is 1.09 bits per heavy atom. The van der Waals surface area contributed by atoms with Crippen LogP contribution in [-0.2, 0) is 11.2 Å². The third-order valence-electron chi connectivity index (χ3n) is 7.26. The highest BCUT2D eigenvalue weighted by Crippen LogP contribution is 2.45. The molecule has 0 radical (unpaired) electrons. The van der Waals surface area contributed by atoms with Gasteiger partial charge in [0.15, 0.2) is 0 Å². The summed E-state index contributed by atoms with van der Waals surface area (Å²) in [6, 6.07) is 10.6. The lowest BCUT2D eigenvalue weighted by Gasteiger charge is -2.40. The largest absolute Gasteiger partial charge is 0.456 e. The van der Waals surface area contributed by atoms with E-state index >= 15 is 0 Å². The lowest BCUT2D eigenvalue weighted by molar-refractivity contribution is -0.0795. The molecule has 1 saturated heterocycles. The lowest BCUT2D eigenvalue weighted by Crippen LogP contribution is -2.46. The van der Waals surface area contributed by atoms with Crippen molar-refractivity contribution in [1.29, 1.82) is 0 Å². The molecule has 1 unspecified atom stereocenters. The predicted octanol–water partition coefficient (Wildman–Crippen LogP) is 4.81. The summed E-state index contributed by atoms with van der Waals surface area (Å²) in [5.74, 6) is 0.953. The minimum absolute atomic E-state index is 0.106. The number of ether oxygens (including phenoxy) is 2. The summed E-state index contributed by atoms with van der Waals surface area (Å²) >= 11 is 0. The molecule has 186 valence electrons. The number of anilines is 1. The van der Waals surface area contributed by atoms with E-state index in [9.17, 15) is 9.50 Å². The molecule has 2 aromatic carbocycles. The van der Waals surface area contributed by atoms with E-state index in [2.05, 4.69) is 29.7 Å². The fourth-order valence-corrected chi connectivity index (χ4v) is 5.18. The number of halogens is 1. The highest BCUT2D eigenvalue weighted by atomic mass is 19.1. The Hall–Kier alpha value is -2.94.